The molecule has 0 spiro atoms. The Balaban J connectivity index is 1.97. The smallest absolute Gasteiger partial charge is 0.256 e. The Hall–Kier alpha value is -1.77. The predicted octanol–water partition coefficient (Wildman–Crippen LogP) is 4.64. The molecule has 0 aliphatic carbocycles. The van der Waals surface area contributed by atoms with Crippen molar-refractivity contribution >= 4 is 34.8 Å². The van der Waals surface area contributed by atoms with Crippen molar-refractivity contribution in [3.8, 4) is 0 Å². The first kappa shape index (κ1) is 13.2. The van der Waals surface area contributed by atoms with Crippen molar-refractivity contribution in [2.75, 3.05) is 4.90 Å². The maximum absolute atomic E-state index is 12.1. The number of halogens is 2. The lowest BCUT2D eigenvalue weighted by molar-refractivity contribution is -0.118. The summed E-state index contributed by atoms with van der Waals surface area (Å²) in [6, 6.07) is 14.5. The van der Waals surface area contributed by atoms with Crippen LogP contribution in [0, 0.1) is 0 Å². The van der Waals surface area contributed by atoms with Gasteiger partial charge in [-0.1, -0.05) is 41.9 Å². The number of amides is 1. The zero-order valence-electron chi connectivity index (χ0n) is 10.5. The molecule has 100 valence electrons. The average molecular weight is 304 g/mol. The van der Waals surface area contributed by atoms with Crippen LogP contribution >= 0.6 is 23.2 Å². The van der Waals surface area contributed by atoms with Gasteiger partial charge in [-0.25, -0.2) is 0 Å². The summed E-state index contributed by atoms with van der Waals surface area (Å²) < 4.78 is 0. The van der Waals surface area contributed by atoms with Crippen LogP contribution in [-0.2, 0) is 4.79 Å². The fourth-order valence-corrected chi connectivity index (χ4v) is 2.59. The number of hydrogen-bond acceptors (Lipinski definition) is 1. The highest BCUT2D eigenvalue weighted by atomic mass is 35.5. The molecule has 2 aromatic rings. The Morgan fingerprint density at radius 2 is 1.40 bits per heavy atom. The normalized spacial score (nSPS) is 18.1. The first-order valence-corrected chi connectivity index (χ1v) is 6.87. The van der Waals surface area contributed by atoms with E-state index in [1.807, 2.05) is 36.4 Å². The van der Waals surface area contributed by atoms with Gasteiger partial charge in [0, 0.05) is 21.3 Å². The molecule has 1 aliphatic rings. The number of rotatable bonds is 2. The van der Waals surface area contributed by atoms with Crippen molar-refractivity contribution in [1.29, 1.82) is 0 Å². The van der Waals surface area contributed by atoms with Crippen molar-refractivity contribution < 1.29 is 4.79 Å². The summed E-state index contributed by atoms with van der Waals surface area (Å²) in [5, 5.41) is 1.31. The van der Waals surface area contributed by atoms with Crippen LogP contribution in [0.25, 0.3) is 0 Å². The maximum atomic E-state index is 12.1. The summed E-state index contributed by atoms with van der Waals surface area (Å²) in [4.78, 5) is 13.8. The third-order valence-electron chi connectivity index (χ3n) is 3.37. The molecule has 1 saturated heterocycles. The third-order valence-corrected chi connectivity index (χ3v) is 3.88. The molecule has 1 aliphatic heterocycles. The topological polar surface area (TPSA) is 20.3 Å². The maximum Gasteiger partial charge on any atom is 0.256 e. The van der Waals surface area contributed by atoms with Crippen LogP contribution in [0.4, 0.5) is 5.69 Å². The number of benzene rings is 2. The molecule has 1 amide bonds. The highest BCUT2D eigenvalue weighted by Crippen LogP contribution is 2.42. The zero-order chi connectivity index (χ0) is 14.3. The van der Waals surface area contributed by atoms with E-state index in [0.717, 1.165) is 11.3 Å². The predicted molar refractivity (Wildman–Crippen MR) is 82.3 cm³/mol. The lowest BCUT2D eigenvalue weighted by atomic mass is 9.88. The van der Waals surface area contributed by atoms with Crippen LogP contribution in [0.15, 0.2) is 60.7 Å². The summed E-state index contributed by atoms with van der Waals surface area (Å²) >= 11 is 11.8. The SMILES string of the molecule is C=C1C(=O)N(c2ccc(Cl)cc2)[C@@H]1c1ccc(Cl)cc1. The van der Waals surface area contributed by atoms with Crippen molar-refractivity contribution in [3.63, 3.8) is 0 Å². The second-order valence-electron chi connectivity index (χ2n) is 4.63. The molecule has 1 fully saturated rings. The van der Waals surface area contributed by atoms with E-state index >= 15 is 0 Å². The molecule has 1 atom stereocenters. The van der Waals surface area contributed by atoms with Crippen LogP contribution in [0.5, 0.6) is 0 Å². The fraction of sp³-hybridized carbons (Fsp3) is 0.0625. The van der Waals surface area contributed by atoms with Crippen LogP contribution in [0.3, 0.4) is 0 Å². The van der Waals surface area contributed by atoms with Gasteiger partial charge in [0.05, 0.1) is 6.04 Å². The lowest BCUT2D eigenvalue weighted by Crippen LogP contribution is -2.48. The van der Waals surface area contributed by atoms with Gasteiger partial charge in [0.25, 0.3) is 5.91 Å². The first-order valence-electron chi connectivity index (χ1n) is 6.11. The van der Waals surface area contributed by atoms with Crippen LogP contribution in [0.2, 0.25) is 10.0 Å². The number of nitrogens with zero attached hydrogens (tertiary/aromatic N) is 1. The van der Waals surface area contributed by atoms with E-state index in [0.29, 0.717) is 15.6 Å². The Morgan fingerprint density at radius 3 is 1.95 bits per heavy atom. The van der Waals surface area contributed by atoms with Gasteiger partial charge in [0.2, 0.25) is 0 Å². The second-order valence-corrected chi connectivity index (χ2v) is 5.50. The molecule has 0 bridgehead atoms. The standard InChI is InChI=1S/C16H11Cl2NO/c1-10-15(11-2-4-12(17)5-3-11)19(16(10)20)14-8-6-13(18)7-9-14/h2-9,15H,1H2/t15-/m0/s1. The van der Waals surface area contributed by atoms with E-state index in [4.69, 9.17) is 23.2 Å². The number of β-lactam (4-membered cyclic amide) rings is 1. The van der Waals surface area contributed by atoms with Crippen LogP contribution in [-0.4, -0.2) is 5.91 Å². The number of hydrogen-bond donors (Lipinski definition) is 0. The molecule has 0 aromatic heterocycles. The molecule has 2 nitrogen and oxygen atoms in total. The number of carbonyl (C=O) groups is 1. The van der Waals surface area contributed by atoms with Crippen molar-refractivity contribution in [2.45, 2.75) is 6.04 Å². The average Bonchev–Trinajstić information content (AvgIpc) is 2.46. The van der Waals surface area contributed by atoms with Gasteiger partial charge in [-0.2, -0.15) is 0 Å². The zero-order valence-corrected chi connectivity index (χ0v) is 12.0. The minimum absolute atomic E-state index is 0.0627. The minimum atomic E-state index is -0.138. The minimum Gasteiger partial charge on any atom is -0.297 e. The van der Waals surface area contributed by atoms with Crippen molar-refractivity contribution in [1.82, 2.24) is 0 Å². The molecule has 0 unspecified atom stereocenters. The molecule has 3 rings (SSSR count). The Labute approximate surface area is 127 Å². The van der Waals surface area contributed by atoms with Crippen LogP contribution in [0.1, 0.15) is 11.6 Å². The van der Waals surface area contributed by atoms with E-state index in [1.54, 1.807) is 17.0 Å². The van der Waals surface area contributed by atoms with E-state index < -0.39 is 0 Å². The van der Waals surface area contributed by atoms with Gasteiger partial charge in [-0.05, 0) is 42.0 Å². The molecular weight excluding hydrogens is 293 g/mol. The molecule has 1 heterocycles. The van der Waals surface area contributed by atoms with E-state index in [9.17, 15) is 4.79 Å². The van der Waals surface area contributed by atoms with Crippen LogP contribution < -0.4 is 4.90 Å². The second kappa shape index (κ2) is 4.97. The molecule has 0 N–H and O–H groups in total. The van der Waals surface area contributed by atoms with Gasteiger partial charge in [-0.3, -0.25) is 9.69 Å². The van der Waals surface area contributed by atoms with Crippen molar-refractivity contribution in [3.05, 3.63) is 76.3 Å². The van der Waals surface area contributed by atoms with Gasteiger partial charge in [0.1, 0.15) is 0 Å². The summed E-state index contributed by atoms with van der Waals surface area (Å²) in [6.45, 7) is 3.86. The Bertz CT molecular complexity index is 615. The summed E-state index contributed by atoms with van der Waals surface area (Å²) in [6.07, 6.45) is 0. The summed E-state index contributed by atoms with van der Waals surface area (Å²) in [5.74, 6) is -0.0627. The van der Waals surface area contributed by atoms with Crippen molar-refractivity contribution in [2.24, 2.45) is 0 Å². The molecule has 20 heavy (non-hydrogen) atoms. The largest absolute Gasteiger partial charge is 0.297 e. The summed E-state index contributed by atoms with van der Waals surface area (Å²) in [7, 11) is 0. The third kappa shape index (κ3) is 2.11. The summed E-state index contributed by atoms with van der Waals surface area (Å²) in [5.41, 5.74) is 2.39. The Morgan fingerprint density at radius 1 is 0.900 bits per heavy atom. The lowest BCUT2D eigenvalue weighted by Gasteiger charge is -2.42. The molecule has 2 aromatic carbocycles. The number of anilines is 1. The van der Waals surface area contributed by atoms with Gasteiger partial charge in [0.15, 0.2) is 0 Å². The molecule has 4 heteroatoms. The highest BCUT2D eigenvalue weighted by Gasteiger charge is 2.42. The van der Waals surface area contributed by atoms with E-state index in [1.165, 1.54) is 0 Å². The van der Waals surface area contributed by atoms with Gasteiger partial charge < -0.3 is 0 Å². The monoisotopic (exact) mass is 303 g/mol. The van der Waals surface area contributed by atoms with E-state index in [-0.39, 0.29) is 11.9 Å². The molecule has 0 saturated carbocycles. The van der Waals surface area contributed by atoms with E-state index in [2.05, 4.69) is 6.58 Å². The van der Waals surface area contributed by atoms with Gasteiger partial charge in [-0.15, -0.1) is 0 Å². The highest BCUT2D eigenvalue weighted by molar-refractivity contribution is 6.31. The quantitative estimate of drug-likeness (QED) is 0.585. The fourth-order valence-electron chi connectivity index (χ4n) is 2.34. The Kier molecular flexibility index (Phi) is 3.28. The molecular formula is C16H11Cl2NO. The number of carbonyl (C=O) groups excluding carboxylic acids is 1. The molecule has 0 radical (unpaired) electrons. The van der Waals surface area contributed by atoms with Gasteiger partial charge >= 0.3 is 0 Å². The first-order chi connectivity index (χ1) is 9.58.